The van der Waals surface area contributed by atoms with E-state index in [1.807, 2.05) is 12.1 Å². The van der Waals surface area contributed by atoms with E-state index in [1.165, 1.54) is 6.42 Å². The van der Waals surface area contributed by atoms with Crippen LogP contribution in [0.25, 0.3) is 0 Å². The summed E-state index contributed by atoms with van der Waals surface area (Å²) in [7, 11) is 0. The van der Waals surface area contributed by atoms with E-state index in [-0.39, 0.29) is 22.7 Å². The van der Waals surface area contributed by atoms with Gasteiger partial charge in [-0.05, 0) is 36.8 Å². The minimum absolute atomic E-state index is 0.0454. The van der Waals surface area contributed by atoms with E-state index >= 15 is 0 Å². The van der Waals surface area contributed by atoms with Gasteiger partial charge >= 0.3 is 0 Å². The second-order valence-corrected chi connectivity index (χ2v) is 5.30. The molecule has 2 nitrogen and oxygen atoms in total. The molecule has 0 aliphatic heterocycles. The summed E-state index contributed by atoms with van der Waals surface area (Å²) in [5, 5.41) is 0.257. The number of hydrogen-bond acceptors (Lipinski definition) is 1. The molecule has 4 heteroatoms. The van der Waals surface area contributed by atoms with Gasteiger partial charge in [-0.3, -0.25) is 4.79 Å². The van der Waals surface area contributed by atoms with Crippen molar-refractivity contribution >= 4 is 18.0 Å². The Labute approximate surface area is 119 Å². The Bertz CT molecular complexity index is 432. The smallest absolute Gasteiger partial charge is 0.204 e. The van der Waals surface area contributed by atoms with E-state index in [9.17, 15) is 4.39 Å². The topological polar surface area (TPSA) is 43.1 Å². The third-order valence-electron chi connectivity index (χ3n) is 4.33. The Hall–Kier alpha value is -1.09. The largest absolute Gasteiger partial charge is 0.372 e. The Morgan fingerprint density at radius 2 is 2.16 bits per heavy atom. The summed E-state index contributed by atoms with van der Waals surface area (Å²) in [6, 6.07) is 5.40. The molecule has 1 amide bonds. The Balaban J connectivity index is 0.000000550. The zero-order valence-corrected chi connectivity index (χ0v) is 12.2. The molecule has 0 heterocycles. The summed E-state index contributed by atoms with van der Waals surface area (Å²) in [6.07, 6.45) is 4.69. The van der Waals surface area contributed by atoms with Gasteiger partial charge in [0.2, 0.25) is 6.41 Å². The summed E-state index contributed by atoms with van der Waals surface area (Å²) < 4.78 is 14.1. The number of carbonyl (C=O) groups is 1. The first-order chi connectivity index (χ1) is 9.07. The van der Waals surface area contributed by atoms with Gasteiger partial charge in [0, 0.05) is 5.41 Å². The summed E-state index contributed by atoms with van der Waals surface area (Å²) >= 11 is 5.87. The number of benzene rings is 1. The van der Waals surface area contributed by atoms with Gasteiger partial charge in [0.15, 0.2) is 0 Å². The third-order valence-corrected chi connectivity index (χ3v) is 4.62. The molecule has 1 aromatic carbocycles. The molecule has 0 radical (unpaired) electrons. The van der Waals surface area contributed by atoms with Gasteiger partial charge in [-0.2, -0.15) is 0 Å². The highest BCUT2D eigenvalue weighted by atomic mass is 35.5. The van der Waals surface area contributed by atoms with Crippen LogP contribution in [0.4, 0.5) is 4.39 Å². The zero-order valence-electron chi connectivity index (χ0n) is 11.5. The molecule has 0 bridgehead atoms. The average molecular weight is 286 g/mol. The molecule has 2 rings (SSSR count). The van der Waals surface area contributed by atoms with Crippen LogP contribution in [0, 0.1) is 11.7 Å². The maximum absolute atomic E-state index is 14.1. The van der Waals surface area contributed by atoms with Gasteiger partial charge in [0.1, 0.15) is 5.82 Å². The van der Waals surface area contributed by atoms with Gasteiger partial charge < -0.3 is 5.73 Å². The van der Waals surface area contributed by atoms with Crippen molar-refractivity contribution in [3.8, 4) is 0 Å². The van der Waals surface area contributed by atoms with E-state index in [0.29, 0.717) is 5.92 Å². The highest BCUT2D eigenvalue weighted by Crippen LogP contribution is 2.53. The van der Waals surface area contributed by atoms with Crippen molar-refractivity contribution in [3.63, 3.8) is 0 Å². The highest BCUT2D eigenvalue weighted by Gasteiger charge is 2.46. The first-order valence-corrected chi connectivity index (χ1v) is 7.05. The molecule has 106 valence electrons. The molecular weight excluding hydrogens is 265 g/mol. The summed E-state index contributed by atoms with van der Waals surface area (Å²) in [6.45, 7) is 4.35. The van der Waals surface area contributed by atoms with Crippen LogP contribution in [0.3, 0.4) is 0 Å². The lowest BCUT2D eigenvalue weighted by Gasteiger charge is -2.50. The van der Waals surface area contributed by atoms with Gasteiger partial charge in [0.25, 0.3) is 0 Å². The molecule has 2 unspecified atom stereocenters. The molecule has 2 atom stereocenters. The molecular formula is C15H21ClFNO. The quantitative estimate of drug-likeness (QED) is 0.837. The number of halogens is 2. The molecule has 1 saturated carbocycles. The second kappa shape index (κ2) is 6.90. The fraction of sp³-hybridized carbons (Fsp3) is 0.533. The molecule has 0 aromatic heterocycles. The van der Waals surface area contributed by atoms with Crippen molar-refractivity contribution in [1.29, 1.82) is 0 Å². The van der Waals surface area contributed by atoms with Crippen molar-refractivity contribution in [2.45, 2.75) is 44.9 Å². The Morgan fingerprint density at radius 1 is 1.53 bits per heavy atom. The van der Waals surface area contributed by atoms with Gasteiger partial charge in [-0.15, -0.1) is 0 Å². The van der Waals surface area contributed by atoms with Crippen molar-refractivity contribution in [2.24, 2.45) is 11.7 Å². The highest BCUT2D eigenvalue weighted by molar-refractivity contribution is 6.30. The van der Waals surface area contributed by atoms with Crippen molar-refractivity contribution in [1.82, 2.24) is 0 Å². The normalized spacial score (nSPS) is 24.9. The number of hydrogen-bond donors (Lipinski definition) is 1. The van der Waals surface area contributed by atoms with E-state index in [0.717, 1.165) is 24.8 Å². The van der Waals surface area contributed by atoms with Crippen LogP contribution in [-0.2, 0) is 10.2 Å². The van der Waals surface area contributed by atoms with Gasteiger partial charge in [0.05, 0.1) is 5.02 Å². The predicted molar refractivity (Wildman–Crippen MR) is 76.6 cm³/mol. The predicted octanol–water partition coefficient (Wildman–Crippen LogP) is 4.05. The van der Waals surface area contributed by atoms with Crippen LogP contribution in [-0.4, -0.2) is 6.41 Å². The fourth-order valence-corrected chi connectivity index (χ4v) is 3.37. The molecule has 2 N–H and O–H groups in total. The molecule has 19 heavy (non-hydrogen) atoms. The number of rotatable bonds is 3. The minimum Gasteiger partial charge on any atom is -0.372 e. The van der Waals surface area contributed by atoms with Crippen LogP contribution in [0.2, 0.25) is 5.02 Å². The molecule has 1 aliphatic carbocycles. The Morgan fingerprint density at radius 3 is 2.58 bits per heavy atom. The third kappa shape index (κ3) is 2.92. The molecule has 1 fully saturated rings. The maximum Gasteiger partial charge on any atom is 0.204 e. The minimum atomic E-state index is -0.204. The summed E-state index contributed by atoms with van der Waals surface area (Å²) in [5.74, 6) is 0.412. The Kier molecular flexibility index (Phi) is 5.80. The average Bonchev–Trinajstić information content (AvgIpc) is 2.36. The number of nitrogens with two attached hydrogens (primary N) is 1. The lowest BCUT2D eigenvalue weighted by molar-refractivity contribution is -0.106. The fourth-order valence-electron chi connectivity index (χ4n) is 3.19. The molecule has 1 aromatic rings. The van der Waals surface area contributed by atoms with Crippen LogP contribution in [0.1, 0.15) is 45.1 Å². The van der Waals surface area contributed by atoms with Gasteiger partial charge in [-0.25, -0.2) is 4.39 Å². The SMILES string of the molecule is CCC1CCC1(CC)c1cccc(Cl)c1F.NC=O. The summed E-state index contributed by atoms with van der Waals surface area (Å²) in [4.78, 5) is 8.58. The number of primary amides is 1. The molecule has 1 aliphatic rings. The second-order valence-electron chi connectivity index (χ2n) is 4.89. The van der Waals surface area contributed by atoms with E-state index in [2.05, 4.69) is 19.6 Å². The molecule has 0 spiro atoms. The summed E-state index contributed by atoms with van der Waals surface area (Å²) in [5.41, 5.74) is 5.05. The number of carbonyl (C=O) groups excluding carboxylic acids is 1. The lowest BCUT2D eigenvalue weighted by Crippen LogP contribution is -2.44. The monoisotopic (exact) mass is 285 g/mol. The molecule has 0 saturated heterocycles. The number of amides is 1. The maximum atomic E-state index is 14.1. The van der Waals surface area contributed by atoms with Crippen LogP contribution in [0.5, 0.6) is 0 Å². The first-order valence-electron chi connectivity index (χ1n) is 6.67. The van der Waals surface area contributed by atoms with Crippen LogP contribution < -0.4 is 5.73 Å². The van der Waals surface area contributed by atoms with Crippen molar-refractivity contribution in [2.75, 3.05) is 0 Å². The van der Waals surface area contributed by atoms with E-state index in [1.54, 1.807) is 6.07 Å². The van der Waals surface area contributed by atoms with Crippen molar-refractivity contribution < 1.29 is 9.18 Å². The zero-order chi connectivity index (χ0) is 14.5. The standard InChI is InChI=1S/C14H18ClF.CH3NO/c1-3-10-8-9-14(10,4-2)11-6-5-7-12(15)13(11)16;2-1-3/h5-7,10H,3-4,8-9H2,1-2H3;1H,(H2,2,3). The van der Waals surface area contributed by atoms with Crippen LogP contribution in [0.15, 0.2) is 18.2 Å². The van der Waals surface area contributed by atoms with Crippen LogP contribution >= 0.6 is 11.6 Å². The van der Waals surface area contributed by atoms with E-state index < -0.39 is 0 Å². The van der Waals surface area contributed by atoms with Gasteiger partial charge in [-0.1, -0.05) is 44.0 Å². The lowest BCUT2D eigenvalue weighted by atomic mass is 9.54. The van der Waals surface area contributed by atoms with Crippen molar-refractivity contribution in [3.05, 3.63) is 34.6 Å². The first kappa shape index (κ1) is 16.0. The van der Waals surface area contributed by atoms with E-state index in [4.69, 9.17) is 16.4 Å².